The van der Waals surface area contributed by atoms with Crippen molar-refractivity contribution in [2.75, 3.05) is 7.11 Å². The minimum atomic E-state index is -0.911. The van der Waals surface area contributed by atoms with Crippen molar-refractivity contribution in [3.63, 3.8) is 0 Å². The van der Waals surface area contributed by atoms with Gasteiger partial charge >= 0.3 is 0 Å². The zero-order chi connectivity index (χ0) is 16.7. The predicted octanol–water partition coefficient (Wildman–Crippen LogP) is 2.29. The highest BCUT2D eigenvalue weighted by Crippen LogP contribution is 2.49. The molecule has 0 saturated heterocycles. The maximum Gasteiger partial charge on any atom is 0.294 e. The lowest BCUT2D eigenvalue weighted by molar-refractivity contribution is 0.317. The molecule has 2 aromatic carbocycles. The van der Waals surface area contributed by atoms with Gasteiger partial charge in [-0.2, -0.15) is 0 Å². The number of phenols is 3. The number of phenolic OH excluding ortho intramolecular Hbond substituents is 3. The molecule has 0 unspecified atom stereocenters. The maximum atomic E-state index is 12.7. The second-order valence-electron chi connectivity index (χ2n) is 4.76. The summed E-state index contributed by atoms with van der Waals surface area (Å²) in [6, 6.07) is 8.20. The molecule has 0 saturated carbocycles. The molecule has 7 nitrogen and oxygen atoms in total. The SMILES string of the molecule is COc1c(O)c(O)c(O)c2c(=O)c(-c3ccccc3)c(O)oc12. The van der Waals surface area contributed by atoms with Gasteiger partial charge in [-0.05, 0) is 5.56 Å². The first-order valence-electron chi connectivity index (χ1n) is 6.53. The van der Waals surface area contributed by atoms with E-state index in [1.165, 1.54) is 7.11 Å². The van der Waals surface area contributed by atoms with Gasteiger partial charge in [-0.3, -0.25) is 4.79 Å². The Hall–Kier alpha value is -3.35. The highest BCUT2D eigenvalue weighted by molar-refractivity contribution is 5.96. The smallest absolute Gasteiger partial charge is 0.294 e. The maximum absolute atomic E-state index is 12.7. The first-order chi connectivity index (χ1) is 11.0. The van der Waals surface area contributed by atoms with Crippen molar-refractivity contribution >= 4 is 11.0 Å². The fourth-order valence-electron chi connectivity index (χ4n) is 2.39. The normalized spacial score (nSPS) is 10.8. The van der Waals surface area contributed by atoms with E-state index in [4.69, 9.17) is 9.15 Å². The third-order valence-corrected chi connectivity index (χ3v) is 3.47. The molecule has 0 aliphatic heterocycles. The third kappa shape index (κ3) is 2.02. The Bertz CT molecular complexity index is 958. The minimum Gasteiger partial charge on any atom is -0.504 e. The lowest BCUT2D eigenvalue weighted by atomic mass is 10.0. The van der Waals surface area contributed by atoms with E-state index in [1.807, 2.05) is 0 Å². The van der Waals surface area contributed by atoms with Gasteiger partial charge in [0.2, 0.25) is 22.7 Å². The van der Waals surface area contributed by atoms with Crippen LogP contribution in [0.5, 0.6) is 28.9 Å². The molecule has 0 radical (unpaired) electrons. The molecule has 118 valence electrons. The van der Waals surface area contributed by atoms with Gasteiger partial charge in [0.15, 0.2) is 11.3 Å². The Labute approximate surface area is 129 Å². The number of fused-ring (bicyclic) bond motifs is 1. The zero-order valence-corrected chi connectivity index (χ0v) is 11.9. The van der Waals surface area contributed by atoms with Crippen molar-refractivity contribution in [1.29, 1.82) is 0 Å². The van der Waals surface area contributed by atoms with E-state index in [2.05, 4.69) is 0 Å². The van der Waals surface area contributed by atoms with E-state index in [0.717, 1.165) is 0 Å². The van der Waals surface area contributed by atoms with Gasteiger partial charge in [-0.15, -0.1) is 0 Å². The lowest BCUT2D eigenvalue weighted by Crippen LogP contribution is -2.06. The van der Waals surface area contributed by atoms with Gasteiger partial charge in [-0.1, -0.05) is 30.3 Å². The Kier molecular flexibility index (Phi) is 3.25. The average molecular weight is 316 g/mol. The molecule has 0 aliphatic carbocycles. The van der Waals surface area contributed by atoms with Crippen LogP contribution in [0.3, 0.4) is 0 Å². The predicted molar refractivity (Wildman–Crippen MR) is 81.1 cm³/mol. The number of aromatic hydroxyl groups is 4. The van der Waals surface area contributed by atoms with Crippen LogP contribution in [-0.4, -0.2) is 27.5 Å². The number of benzene rings is 2. The summed E-state index contributed by atoms with van der Waals surface area (Å²) in [5, 5.41) is 39.2. The van der Waals surface area contributed by atoms with Crippen molar-refractivity contribution in [2.24, 2.45) is 0 Å². The molecule has 0 aliphatic rings. The van der Waals surface area contributed by atoms with Crippen LogP contribution < -0.4 is 10.2 Å². The summed E-state index contributed by atoms with van der Waals surface area (Å²) < 4.78 is 10.1. The topological polar surface area (TPSA) is 120 Å². The van der Waals surface area contributed by atoms with Gasteiger partial charge in [0.05, 0.1) is 7.11 Å². The van der Waals surface area contributed by atoms with Gasteiger partial charge in [0.1, 0.15) is 10.9 Å². The Morgan fingerprint density at radius 3 is 2.22 bits per heavy atom. The van der Waals surface area contributed by atoms with Crippen LogP contribution in [-0.2, 0) is 0 Å². The largest absolute Gasteiger partial charge is 0.504 e. The molecule has 0 atom stereocenters. The molecule has 7 heteroatoms. The highest BCUT2D eigenvalue weighted by Gasteiger charge is 2.27. The molecular weight excluding hydrogens is 304 g/mol. The van der Waals surface area contributed by atoms with Crippen LogP contribution in [0.1, 0.15) is 0 Å². The molecule has 3 rings (SSSR count). The molecule has 0 bridgehead atoms. The Morgan fingerprint density at radius 2 is 1.61 bits per heavy atom. The Morgan fingerprint density at radius 1 is 0.957 bits per heavy atom. The summed E-state index contributed by atoms with van der Waals surface area (Å²) in [5.74, 6) is -3.64. The number of ether oxygens (including phenoxy) is 1. The van der Waals surface area contributed by atoms with Crippen molar-refractivity contribution in [2.45, 2.75) is 0 Å². The molecule has 1 aromatic heterocycles. The van der Waals surface area contributed by atoms with Crippen molar-refractivity contribution in [3.05, 3.63) is 40.6 Å². The van der Waals surface area contributed by atoms with E-state index >= 15 is 0 Å². The van der Waals surface area contributed by atoms with Crippen molar-refractivity contribution in [3.8, 4) is 40.1 Å². The molecule has 0 amide bonds. The number of hydrogen-bond donors (Lipinski definition) is 4. The molecule has 0 spiro atoms. The van der Waals surface area contributed by atoms with Gasteiger partial charge in [-0.25, -0.2) is 0 Å². The van der Waals surface area contributed by atoms with Crippen LogP contribution in [0.2, 0.25) is 0 Å². The zero-order valence-electron chi connectivity index (χ0n) is 11.9. The van der Waals surface area contributed by atoms with Crippen LogP contribution in [0.4, 0.5) is 0 Å². The summed E-state index contributed by atoms with van der Waals surface area (Å²) in [5.41, 5.74) is -0.962. The van der Waals surface area contributed by atoms with Crippen LogP contribution in [0.25, 0.3) is 22.1 Å². The second-order valence-corrected chi connectivity index (χ2v) is 4.76. The van der Waals surface area contributed by atoms with Gasteiger partial charge in [0, 0.05) is 0 Å². The fraction of sp³-hybridized carbons (Fsp3) is 0.0625. The monoisotopic (exact) mass is 316 g/mol. The van der Waals surface area contributed by atoms with E-state index in [9.17, 15) is 25.2 Å². The summed E-state index contributed by atoms with van der Waals surface area (Å²) in [4.78, 5) is 12.7. The third-order valence-electron chi connectivity index (χ3n) is 3.47. The van der Waals surface area contributed by atoms with E-state index in [0.29, 0.717) is 5.56 Å². The summed E-state index contributed by atoms with van der Waals surface area (Å²) in [6.07, 6.45) is 0. The summed E-state index contributed by atoms with van der Waals surface area (Å²) in [7, 11) is 1.17. The average Bonchev–Trinajstić information content (AvgIpc) is 2.54. The molecule has 23 heavy (non-hydrogen) atoms. The van der Waals surface area contributed by atoms with Crippen LogP contribution >= 0.6 is 0 Å². The highest BCUT2D eigenvalue weighted by atomic mass is 16.5. The van der Waals surface area contributed by atoms with Crippen LogP contribution in [0, 0.1) is 0 Å². The van der Waals surface area contributed by atoms with Gasteiger partial charge in [0.25, 0.3) is 5.95 Å². The Balaban J connectivity index is 2.52. The summed E-state index contributed by atoms with van der Waals surface area (Å²) >= 11 is 0. The van der Waals surface area contributed by atoms with Crippen LogP contribution in [0.15, 0.2) is 39.5 Å². The molecule has 1 heterocycles. The second kappa shape index (κ2) is 5.13. The van der Waals surface area contributed by atoms with Gasteiger partial charge < -0.3 is 29.6 Å². The summed E-state index contributed by atoms with van der Waals surface area (Å²) in [6.45, 7) is 0. The number of methoxy groups -OCH3 is 1. The minimum absolute atomic E-state index is 0.180. The number of rotatable bonds is 2. The van der Waals surface area contributed by atoms with E-state index in [1.54, 1.807) is 30.3 Å². The fourth-order valence-corrected chi connectivity index (χ4v) is 2.39. The molecule has 3 aromatic rings. The molecule has 4 N–H and O–H groups in total. The molecule has 0 fully saturated rings. The first kappa shape index (κ1) is 14.6. The van der Waals surface area contributed by atoms with Crippen molar-refractivity contribution in [1.82, 2.24) is 0 Å². The quantitative estimate of drug-likeness (QED) is 0.535. The van der Waals surface area contributed by atoms with E-state index < -0.39 is 34.0 Å². The lowest BCUT2D eigenvalue weighted by Gasteiger charge is -2.12. The molecular formula is C16H12O7. The first-order valence-corrected chi connectivity index (χ1v) is 6.53. The van der Waals surface area contributed by atoms with E-state index in [-0.39, 0.29) is 16.9 Å². The number of hydrogen-bond acceptors (Lipinski definition) is 7. The standard InChI is InChI=1S/C16H12O7/c1-22-15-13(20)12(19)11(18)9-10(17)8(16(21)23-14(9)15)7-5-3-2-4-6-7/h2-6,18-21H,1H3. The van der Waals surface area contributed by atoms with Crippen molar-refractivity contribution < 1.29 is 29.6 Å².